The first-order valence-corrected chi connectivity index (χ1v) is 12.4. The topological polar surface area (TPSA) is 50.2 Å². The first-order valence-electron chi connectivity index (χ1n) is 11.3. The van der Waals surface area contributed by atoms with Gasteiger partial charge in [0.15, 0.2) is 5.78 Å². The summed E-state index contributed by atoms with van der Waals surface area (Å²) in [5.41, 5.74) is 5.90. The summed E-state index contributed by atoms with van der Waals surface area (Å²) in [5, 5.41) is 10.4. The second kappa shape index (κ2) is 10.1. The van der Waals surface area contributed by atoms with Crippen LogP contribution in [0.4, 0.5) is 0 Å². The zero-order valence-electron chi connectivity index (χ0n) is 19.0. The average Bonchev–Trinajstić information content (AvgIpc) is 2.80. The van der Waals surface area contributed by atoms with Crippen molar-refractivity contribution < 1.29 is 9.90 Å². The molecular weight excluding hydrogens is 521 g/mol. The highest BCUT2D eigenvalue weighted by atomic mass is 127. The third kappa shape index (κ3) is 6.06. The van der Waals surface area contributed by atoms with Crippen LogP contribution in [0.5, 0.6) is 0 Å². The van der Waals surface area contributed by atoms with Crippen LogP contribution in [-0.2, 0) is 18.4 Å². The first-order chi connectivity index (χ1) is 15.8. The molecule has 1 heterocycles. The zero-order valence-corrected chi connectivity index (χ0v) is 21.2. The molecule has 2 aromatic carbocycles. The maximum absolute atomic E-state index is 12.9. The van der Waals surface area contributed by atoms with Crippen LogP contribution in [-0.4, -0.2) is 15.9 Å². The number of halogens is 1. The molecule has 1 aromatic heterocycles. The summed E-state index contributed by atoms with van der Waals surface area (Å²) >= 11 is 2.38. The molecule has 1 aliphatic carbocycles. The van der Waals surface area contributed by atoms with Crippen molar-refractivity contribution in [3.8, 4) is 0 Å². The van der Waals surface area contributed by atoms with Crippen LogP contribution >= 0.6 is 22.6 Å². The molecule has 0 unspecified atom stereocenters. The smallest absolute Gasteiger partial charge is 0.163 e. The van der Waals surface area contributed by atoms with Crippen LogP contribution in [0.25, 0.3) is 18.2 Å². The van der Waals surface area contributed by atoms with Gasteiger partial charge in [0, 0.05) is 12.0 Å². The number of benzene rings is 2. The van der Waals surface area contributed by atoms with E-state index in [1.54, 1.807) is 13.8 Å². The Morgan fingerprint density at radius 2 is 1.88 bits per heavy atom. The lowest BCUT2D eigenvalue weighted by atomic mass is 9.90. The number of nitrogens with zero attached hydrogens (tertiary/aromatic N) is 1. The quantitative estimate of drug-likeness (QED) is 0.255. The predicted molar refractivity (Wildman–Crippen MR) is 144 cm³/mol. The fraction of sp³-hybridized carbons (Fsp3) is 0.241. The Labute approximate surface area is 209 Å². The standard InChI is InChI=1S/C29H28INO2/c1-29(2,33)26-9-4-3-7-21(26)13-17-28(32)23-8-5-6-20(18-23)10-15-25-16-12-22-11-14-24(30)19-27(22)31-25/h3-10,12,15-16,18-19,33H,11,13-14,17H2,1-2H3/b15-10+. The number of aliphatic hydroxyl groups is 1. The van der Waals surface area contributed by atoms with Crippen LogP contribution in [0.3, 0.4) is 0 Å². The molecule has 0 aliphatic heterocycles. The molecule has 1 aliphatic rings. The van der Waals surface area contributed by atoms with E-state index in [2.05, 4.69) is 40.8 Å². The van der Waals surface area contributed by atoms with E-state index in [1.165, 1.54) is 9.14 Å². The number of hydrogen-bond acceptors (Lipinski definition) is 3. The minimum atomic E-state index is -0.927. The third-order valence-electron chi connectivity index (χ3n) is 5.91. The van der Waals surface area contributed by atoms with Gasteiger partial charge in [0.1, 0.15) is 0 Å². The Bertz CT molecular complexity index is 1230. The van der Waals surface area contributed by atoms with Crippen LogP contribution in [0.2, 0.25) is 0 Å². The van der Waals surface area contributed by atoms with Gasteiger partial charge in [-0.25, -0.2) is 4.98 Å². The molecule has 0 radical (unpaired) electrons. The molecule has 0 spiro atoms. The molecule has 0 atom stereocenters. The van der Waals surface area contributed by atoms with Crippen LogP contribution in [0.15, 0.2) is 64.2 Å². The molecule has 168 valence electrons. The molecule has 4 heteroatoms. The normalized spacial score (nSPS) is 13.6. The van der Waals surface area contributed by atoms with Crippen LogP contribution < -0.4 is 0 Å². The fourth-order valence-electron chi connectivity index (χ4n) is 4.15. The van der Waals surface area contributed by atoms with E-state index in [0.29, 0.717) is 18.4 Å². The zero-order chi connectivity index (χ0) is 23.4. The van der Waals surface area contributed by atoms with Crippen molar-refractivity contribution in [3.05, 3.63) is 103 Å². The molecule has 0 amide bonds. The Balaban J connectivity index is 1.45. The number of aryl methyl sites for hydroxylation is 2. The van der Waals surface area contributed by atoms with Gasteiger partial charge in [-0.2, -0.15) is 0 Å². The number of carbonyl (C=O) groups is 1. The summed E-state index contributed by atoms with van der Waals surface area (Å²) in [6, 6.07) is 19.7. The summed E-state index contributed by atoms with van der Waals surface area (Å²) < 4.78 is 1.34. The lowest BCUT2D eigenvalue weighted by Crippen LogP contribution is -2.18. The van der Waals surface area contributed by atoms with Gasteiger partial charge in [-0.05, 0) is 106 Å². The highest BCUT2D eigenvalue weighted by Crippen LogP contribution is 2.27. The number of Topliss-reactive ketones (excluding diaryl/α,β-unsaturated/α-hetero) is 1. The van der Waals surface area contributed by atoms with E-state index >= 15 is 0 Å². The number of pyridine rings is 1. The SMILES string of the molecule is CC(C)(O)c1ccccc1CCC(=O)c1cccc(/C=C/c2ccc3c(n2)C=C(I)CC3)c1. The number of allylic oxidation sites excluding steroid dienone is 1. The monoisotopic (exact) mass is 549 g/mol. The molecule has 0 fully saturated rings. The summed E-state index contributed by atoms with van der Waals surface area (Å²) in [6.07, 6.45) is 9.31. The van der Waals surface area contributed by atoms with Gasteiger partial charge in [-0.3, -0.25) is 4.79 Å². The Hall–Kier alpha value is -2.57. The van der Waals surface area contributed by atoms with Gasteiger partial charge in [0.25, 0.3) is 0 Å². The molecule has 0 bridgehead atoms. The average molecular weight is 549 g/mol. The largest absolute Gasteiger partial charge is 0.386 e. The second-order valence-corrected chi connectivity index (χ2v) is 10.4. The number of aromatic nitrogens is 1. The predicted octanol–water partition coefficient (Wildman–Crippen LogP) is 7.02. The molecular formula is C29H28INO2. The van der Waals surface area contributed by atoms with Crippen molar-refractivity contribution >= 4 is 46.6 Å². The maximum atomic E-state index is 12.9. The molecule has 3 nitrogen and oxygen atoms in total. The molecule has 33 heavy (non-hydrogen) atoms. The van der Waals surface area contributed by atoms with Crippen molar-refractivity contribution in [2.45, 2.75) is 45.1 Å². The van der Waals surface area contributed by atoms with Gasteiger partial charge < -0.3 is 5.11 Å². The van der Waals surface area contributed by atoms with E-state index in [4.69, 9.17) is 4.98 Å². The second-order valence-electron chi connectivity index (χ2n) is 8.97. The Morgan fingerprint density at radius 3 is 2.70 bits per heavy atom. The number of ketones is 1. The van der Waals surface area contributed by atoms with E-state index < -0.39 is 5.60 Å². The maximum Gasteiger partial charge on any atom is 0.163 e. The summed E-state index contributed by atoms with van der Waals surface area (Å²) in [6.45, 7) is 3.55. The summed E-state index contributed by atoms with van der Waals surface area (Å²) in [4.78, 5) is 17.7. The third-order valence-corrected chi connectivity index (χ3v) is 6.76. The molecule has 3 aromatic rings. The van der Waals surface area contributed by atoms with E-state index in [1.807, 2.05) is 60.7 Å². The van der Waals surface area contributed by atoms with Gasteiger partial charge in [0.2, 0.25) is 0 Å². The molecule has 1 N–H and O–H groups in total. The lowest BCUT2D eigenvalue weighted by Gasteiger charge is -2.21. The van der Waals surface area contributed by atoms with Crippen LogP contribution in [0, 0.1) is 0 Å². The highest BCUT2D eigenvalue weighted by molar-refractivity contribution is 14.1. The minimum Gasteiger partial charge on any atom is -0.386 e. The fourth-order valence-corrected chi connectivity index (χ4v) is 4.71. The molecule has 0 saturated carbocycles. The highest BCUT2D eigenvalue weighted by Gasteiger charge is 2.20. The number of rotatable bonds is 7. The van der Waals surface area contributed by atoms with E-state index in [-0.39, 0.29) is 5.78 Å². The molecule has 4 rings (SSSR count). The van der Waals surface area contributed by atoms with Gasteiger partial charge >= 0.3 is 0 Å². The van der Waals surface area contributed by atoms with E-state index in [0.717, 1.165) is 40.9 Å². The van der Waals surface area contributed by atoms with Crippen molar-refractivity contribution in [2.24, 2.45) is 0 Å². The summed E-state index contributed by atoms with van der Waals surface area (Å²) in [7, 11) is 0. The van der Waals surface area contributed by atoms with Crippen molar-refractivity contribution in [2.75, 3.05) is 0 Å². The number of hydrogen-bond donors (Lipinski definition) is 1. The number of fused-ring (bicyclic) bond motifs is 1. The lowest BCUT2D eigenvalue weighted by molar-refractivity contribution is 0.0773. The van der Waals surface area contributed by atoms with Crippen molar-refractivity contribution in [1.29, 1.82) is 0 Å². The Morgan fingerprint density at radius 1 is 1.06 bits per heavy atom. The number of carbonyl (C=O) groups excluding carboxylic acids is 1. The van der Waals surface area contributed by atoms with Gasteiger partial charge in [0.05, 0.1) is 17.0 Å². The van der Waals surface area contributed by atoms with E-state index in [9.17, 15) is 9.90 Å². The van der Waals surface area contributed by atoms with Crippen LogP contribution in [0.1, 0.15) is 70.7 Å². The van der Waals surface area contributed by atoms with Crippen molar-refractivity contribution in [3.63, 3.8) is 0 Å². The Kier molecular flexibility index (Phi) is 7.25. The summed E-state index contributed by atoms with van der Waals surface area (Å²) in [5.74, 6) is 0.0995. The molecule has 0 saturated heterocycles. The van der Waals surface area contributed by atoms with Gasteiger partial charge in [-0.15, -0.1) is 0 Å². The first kappa shape index (κ1) is 23.6. The van der Waals surface area contributed by atoms with Crippen molar-refractivity contribution in [1.82, 2.24) is 4.98 Å². The van der Waals surface area contributed by atoms with Gasteiger partial charge in [-0.1, -0.05) is 54.6 Å². The minimum absolute atomic E-state index is 0.0995.